The number of nitrogens with one attached hydrogen (secondary N) is 2. The average molecular weight is 248 g/mol. The van der Waals surface area contributed by atoms with E-state index >= 15 is 0 Å². The van der Waals surface area contributed by atoms with Gasteiger partial charge in [-0.2, -0.15) is 0 Å². The number of hydrogen-bond acceptors (Lipinski definition) is 4. The largest absolute Gasteiger partial charge is 0.323 e. The van der Waals surface area contributed by atoms with Gasteiger partial charge < -0.3 is 10.6 Å². The number of carbonyl (C=O) groups excluding carboxylic acids is 1. The van der Waals surface area contributed by atoms with Crippen molar-refractivity contribution in [3.63, 3.8) is 0 Å². The van der Waals surface area contributed by atoms with Crippen LogP contribution in [0.1, 0.15) is 32.5 Å². The Balaban J connectivity index is 1.93. The van der Waals surface area contributed by atoms with Gasteiger partial charge in [-0.15, -0.1) is 0 Å². The van der Waals surface area contributed by atoms with Crippen LogP contribution in [0.4, 0.5) is 5.69 Å². The maximum absolute atomic E-state index is 12.1. The van der Waals surface area contributed by atoms with Crippen LogP contribution >= 0.6 is 0 Å². The number of anilines is 1. The first-order valence-electron chi connectivity index (χ1n) is 6.54. The zero-order chi connectivity index (χ0) is 13.0. The zero-order valence-corrected chi connectivity index (χ0v) is 10.9. The molecule has 1 fully saturated rings. The molecule has 18 heavy (non-hydrogen) atoms. The summed E-state index contributed by atoms with van der Waals surface area (Å²) in [7, 11) is 0. The molecule has 0 aromatic carbocycles. The molecule has 0 unspecified atom stereocenters. The molecule has 5 heteroatoms. The summed E-state index contributed by atoms with van der Waals surface area (Å²) in [6.45, 7) is 5.02. The third kappa shape index (κ3) is 3.26. The van der Waals surface area contributed by atoms with Gasteiger partial charge >= 0.3 is 0 Å². The van der Waals surface area contributed by atoms with Crippen molar-refractivity contribution >= 4 is 11.6 Å². The molecule has 5 nitrogen and oxygen atoms in total. The highest BCUT2D eigenvalue weighted by Gasteiger charge is 2.24. The molecule has 0 saturated carbocycles. The Kier molecular flexibility index (Phi) is 4.25. The van der Waals surface area contributed by atoms with Crippen LogP contribution in [0.15, 0.2) is 12.4 Å². The van der Waals surface area contributed by atoms with Gasteiger partial charge in [0.05, 0.1) is 18.1 Å². The van der Waals surface area contributed by atoms with Crippen LogP contribution in [0.3, 0.4) is 0 Å². The summed E-state index contributed by atoms with van der Waals surface area (Å²) >= 11 is 0. The van der Waals surface area contributed by atoms with E-state index in [1.807, 2.05) is 6.92 Å². The molecule has 2 N–H and O–H groups in total. The molecule has 1 aliphatic heterocycles. The van der Waals surface area contributed by atoms with E-state index in [2.05, 4.69) is 27.5 Å². The van der Waals surface area contributed by atoms with Crippen LogP contribution < -0.4 is 10.6 Å². The molecular weight excluding hydrogens is 228 g/mol. The fourth-order valence-electron chi connectivity index (χ4n) is 2.22. The molecule has 0 aliphatic carbocycles. The van der Waals surface area contributed by atoms with E-state index in [4.69, 9.17) is 0 Å². The highest BCUT2D eigenvalue weighted by molar-refractivity contribution is 5.92. The Hall–Kier alpha value is -1.49. The van der Waals surface area contributed by atoms with Gasteiger partial charge in [-0.05, 0) is 26.3 Å². The molecule has 2 rings (SSSR count). The van der Waals surface area contributed by atoms with Crippen molar-refractivity contribution in [3.05, 3.63) is 18.2 Å². The van der Waals surface area contributed by atoms with Crippen molar-refractivity contribution in [2.75, 3.05) is 11.9 Å². The summed E-state index contributed by atoms with van der Waals surface area (Å²) in [5.41, 5.74) is 0.684. The normalized spacial score (nSPS) is 23.7. The molecule has 1 aliphatic rings. The number of aromatic nitrogens is 2. The predicted octanol–water partition coefficient (Wildman–Crippen LogP) is 1.37. The average Bonchev–Trinajstić information content (AvgIpc) is 2.39. The van der Waals surface area contributed by atoms with Crippen LogP contribution in [0.25, 0.3) is 0 Å². The van der Waals surface area contributed by atoms with E-state index in [9.17, 15) is 4.79 Å². The summed E-state index contributed by atoms with van der Waals surface area (Å²) < 4.78 is 0. The van der Waals surface area contributed by atoms with Crippen LogP contribution in [-0.2, 0) is 11.2 Å². The van der Waals surface area contributed by atoms with E-state index in [1.165, 1.54) is 0 Å². The van der Waals surface area contributed by atoms with E-state index in [1.54, 1.807) is 12.4 Å². The summed E-state index contributed by atoms with van der Waals surface area (Å²) in [5, 5.41) is 6.23. The standard InChI is InChI=1S/C13H20N4O/c1-3-12-15-7-11(8-16-12)17-13(18)10-4-5-14-9(2)6-10/h7-10,14H,3-6H2,1-2H3,(H,17,18)/t9-,10-/m0/s1. The second kappa shape index (κ2) is 5.91. The third-order valence-corrected chi connectivity index (χ3v) is 3.28. The fraction of sp³-hybridized carbons (Fsp3) is 0.615. The Morgan fingerprint density at radius 2 is 2.22 bits per heavy atom. The first-order chi connectivity index (χ1) is 8.69. The SMILES string of the molecule is CCc1ncc(NC(=O)[C@H]2CCN[C@@H](C)C2)cn1. The van der Waals surface area contributed by atoms with Crippen LogP contribution in [0.2, 0.25) is 0 Å². The Morgan fingerprint density at radius 1 is 1.50 bits per heavy atom. The van der Waals surface area contributed by atoms with Crippen molar-refractivity contribution < 1.29 is 4.79 Å². The first-order valence-corrected chi connectivity index (χ1v) is 6.54. The molecule has 1 aromatic rings. The van der Waals surface area contributed by atoms with Gasteiger partial charge in [0.15, 0.2) is 0 Å². The van der Waals surface area contributed by atoms with Crippen LogP contribution in [0, 0.1) is 5.92 Å². The van der Waals surface area contributed by atoms with Gasteiger partial charge in [0.2, 0.25) is 5.91 Å². The number of piperidine rings is 1. The third-order valence-electron chi connectivity index (χ3n) is 3.28. The lowest BCUT2D eigenvalue weighted by molar-refractivity contribution is -0.120. The minimum absolute atomic E-state index is 0.0798. The maximum atomic E-state index is 12.1. The highest BCUT2D eigenvalue weighted by Crippen LogP contribution is 2.18. The number of carbonyl (C=O) groups is 1. The molecule has 0 bridgehead atoms. The summed E-state index contributed by atoms with van der Waals surface area (Å²) in [6.07, 6.45) is 5.94. The van der Waals surface area contributed by atoms with E-state index < -0.39 is 0 Å². The second-order valence-corrected chi connectivity index (χ2v) is 4.81. The van der Waals surface area contributed by atoms with Gasteiger partial charge in [0.1, 0.15) is 5.82 Å². The minimum Gasteiger partial charge on any atom is -0.323 e. The van der Waals surface area contributed by atoms with Crippen molar-refractivity contribution in [2.24, 2.45) is 5.92 Å². The van der Waals surface area contributed by atoms with Crippen molar-refractivity contribution in [1.29, 1.82) is 0 Å². The Morgan fingerprint density at radius 3 is 2.83 bits per heavy atom. The lowest BCUT2D eigenvalue weighted by Crippen LogP contribution is -2.40. The fourth-order valence-corrected chi connectivity index (χ4v) is 2.22. The van der Waals surface area contributed by atoms with Crippen molar-refractivity contribution in [2.45, 2.75) is 39.2 Å². The molecule has 0 radical (unpaired) electrons. The topological polar surface area (TPSA) is 66.9 Å². The summed E-state index contributed by atoms with van der Waals surface area (Å²) in [5.74, 6) is 0.965. The van der Waals surface area contributed by atoms with Gasteiger partial charge in [0.25, 0.3) is 0 Å². The highest BCUT2D eigenvalue weighted by atomic mass is 16.1. The molecule has 98 valence electrons. The zero-order valence-electron chi connectivity index (χ0n) is 10.9. The smallest absolute Gasteiger partial charge is 0.227 e. The van der Waals surface area contributed by atoms with Gasteiger partial charge in [0, 0.05) is 18.4 Å². The van der Waals surface area contributed by atoms with E-state index in [0.717, 1.165) is 31.6 Å². The Labute approximate surface area is 107 Å². The van der Waals surface area contributed by atoms with E-state index in [0.29, 0.717) is 11.7 Å². The molecule has 2 atom stereocenters. The van der Waals surface area contributed by atoms with Crippen LogP contribution in [-0.4, -0.2) is 28.5 Å². The molecule has 2 heterocycles. The monoisotopic (exact) mass is 248 g/mol. The number of rotatable bonds is 3. The lowest BCUT2D eigenvalue weighted by Gasteiger charge is -2.26. The predicted molar refractivity (Wildman–Crippen MR) is 70.2 cm³/mol. The quantitative estimate of drug-likeness (QED) is 0.847. The van der Waals surface area contributed by atoms with Gasteiger partial charge in [-0.3, -0.25) is 4.79 Å². The minimum atomic E-state index is 0.0798. The Bertz CT molecular complexity index is 404. The summed E-state index contributed by atoms with van der Waals surface area (Å²) in [6, 6.07) is 0.410. The molecule has 0 spiro atoms. The van der Waals surface area contributed by atoms with E-state index in [-0.39, 0.29) is 11.8 Å². The number of nitrogens with zero attached hydrogens (tertiary/aromatic N) is 2. The van der Waals surface area contributed by atoms with Crippen molar-refractivity contribution in [3.8, 4) is 0 Å². The number of amides is 1. The number of aryl methyl sites for hydroxylation is 1. The number of hydrogen-bond donors (Lipinski definition) is 2. The van der Waals surface area contributed by atoms with Gasteiger partial charge in [-0.25, -0.2) is 9.97 Å². The molecule has 1 aromatic heterocycles. The molecule has 1 saturated heterocycles. The maximum Gasteiger partial charge on any atom is 0.227 e. The molecular formula is C13H20N4O. The molecule has 1 amide bonds. The van der Waals surface area contributed by atoms with Gasteiger partial charge in [-0.1, -0.05) is 6.92 Å². The summed E-state index contributed by atoms with van der Waals surface area (Å²) in [4.78, 5) is 20.4. The van der Waals surface area contributed by atoms with Crippen molar-refractivity contribution in [1.82, 2.24) is 15.3 Å². The van der Waals surface area contributed by atoms with Crippen LogP contribution in [0.5, 0.6) is 0 Å². The lowest BCUT2D eigenvalue weighted by atomic mass is 9.92. The second-order valence-electron chi connectivity index (χ2n) is 4.81. The first kappa shape index (κ1) is 13.0.